The van der Waals surface area contributed by atoms with Crippen LogP contribution in [0.4, 0.5) is 10.1 Å². The number of fused-ring (bicyclic) bond motifs is 3. The number of halogens is 1. The summed E-state index contributed by atoms with van der Waals surface area (Å²) in [5.74, 6) is -0.247. The Labute approximate surface area is 234 Å². The molecule has 5 aromatic rings. The summed E-state index contributed by atoms with van der Waals surface area (Å²) in [6.45, 7) is 1.31. The quantitative estimate of drug-likeness (QED) is 0.289. The average molecular weight is 551 g/mol. The van der Waals surface area contributed by atoms with Gasteiger partial charge in [0.2, 0.25) is 5.43 Å². The number of hydrogen-bond donors (Lipinski definition) is 3. The van der Waals surface area contributed by atoms with E-state index in [0.29, 0.717) is 42.9 Å². The molecule has 7 rings (SSSR count). The first kappa shape index (κ1) is 25.1. The van der Waals surface area contributed by atoms with Crippen LogP contribution in [0.3, 0.4) is 0 Å². The van der Waals surface area contributed by atoms with E-state index in [1.165, 1.54) is 12.3 Å². The van der Waals surface area contributed by atoms with Gasteiger partial charge in [0.25, 0.3) is 5.91 Å². The number of hydrogen-bond acceptors (Lipinski definition) is 6. The van der Waals surface area contributed by atoms with Crippen LogP contribution in [0.25, 0.3) is 27.4 Å². The van der Waals surface area contributed by atoms with Crippen molar-refractivity contribution >= 4 is 33.3 Å². The molecule has 9 heteroatoms. The minimum atomic E-state index is -0.598. The summed E-state index contributed by atoms with van der Waals surface area (Å²) in [5, 5.41) is 14.3. The van der Waals surface area contributed by atoms with Gasteiger partial charge in [0.1, 0.15) is 22.5 Å². The summed E-state index contributed by atoms with van der Waals surface area (Å²) >= 11 is 0. The Bertz CT molecular complexity index is 1920. The van der Waals surface area contributed by atoms with Crippen LogP contribution >= 0.6 is 0 Å². The fourth-order valence-corrected chi connectivity index (χ4v) is 5.82. The Balaban J connectivity index is 1.37. The highest BCUT2D eigenvalue weighted by atomic mass is 19.1. The van der Waals surface area contributed by atoms with Gasteiger partial charge in [-0.05, 0) is 59.5 Å². The van der Waals surface area contributed by atoms with Gasteiger partial charge in [-0.3, -0.25) is 9.59 Å². The van der Waals surface area contributed by atoms with E-state index in [4.69, 9.17) is 10.5 Å². The highest BCUT2D eigenvalue weighted by molar-refractivity contribution is 6.02. The van der Waals surface area contributed by atoms with E-state index in [0.717, 1.165) is 16.3 Å². The second-order valence-electron chi connectivity index (χ2n) is 10.6. The molecule has 4 aromatic carbocycles. The van der Waals surface area contributed by atoms with Crippen molar-refractivity contribution in [2.75, 3.05) is 24.5 Å². The van der Waals surface area contributed by atoms with Crippen LogP contribution in [0, 0.1) is 5.82 Å². The number of phenols is 1. The number of anilines is 1. The number of pyridine rings is 1. The van der Waals surface area contributed by atoms with E-state index < -0.39 is 17.2 Å². The summed E-state index contributed by atoms with van der Waals surface area (Å²) in [4.78, 5) is 28.9. The van der Waals surface area contributed by atoms with Crippen molar-refractivity contribution in [1.82, 2.24) is 9.88 Å². The minimum Gasteiger partial charge on any atom is -0.508 e. The van der Waals surface area contributed by atoms with Gasteiger partial charge in [-0.25, -0.2) is 4.39 Å². The third-order valence-corrected chi connectivity index (χ3v) is 7.89. The monoisotopic (exact) mass is 550 g/mol. The highest BCUT2D eigenvalue weighted by Gasteiger charge is 2.32. The van der Waals surface area contributed by atoms with Crippen molar-refractivity contribution in [1.29, 1.82) is 0 Å². The zero-order chi connectivity index (χ0) is 28.2. The summed E-state index contributed by atoms with van der Waals surface area (Å²) in [7, 11) is 0. The van der Waals surface area contributed by atoms with E-state index >= 15 is 4.39 Å². The van der Waals surface area contributed by atoms with Crippen molar-refractivity contribution in [3.05, 3.63) is 100 Å². The van der Waals surface area contributed by atoms with Gasteiger partial charge >= 0.3 is 0 Å². The number of carbonyl (C=O) groups excluding carboxylic acids is 1. The molecule has 206 valence electrons. The Morgan fingerprint density at radius 1 is 1.10 bits per heavy atom. The number of aromatic hydroxyl groups is 1. The molecule has 0 spiro atoms. The Kier molecular flexibility index (Phi) is 5.90. The third kappa shape index (κ3) is 4.25. The summed E-state index contributed by atoms with van der Waals surface area (Å²) < 4.78 is 24.0. The van der Waals surface area contributed by atoms with Crippen LogP contribution in [0.15, 0.2) is 77.7 Å². The largest absolute Gasteiger partial charge is 0.508 e. The van der Waals surface area contributed by atoms with Crippen LogP contribution in [-0.4, -0.2) is 41.3 Å². The zero-order valence-electron chi connectivity index (χ0n) is 22.1. The molecule has 41 heavy (non-hydrogen) atoms. The number of rotatable bonds is 5. The topological polar surface area (TPSA) is 110 Å². The Hall–Kier alpha value is -4.89. The van der Waals surface area contributed by atoms with Crippen LogP contribution in [-0.2, 0) is 6.42 Å². The van der Waals surface area contributed by atoms with Gasteiger partial charge in [0, 0.05) is 31.9 Å². The number of nitrogens with two attached hydrogens (primary N) is 1. The van der Waals surface area contributed by atoms with Crippen LogP contribution < -0.4 is 26.1 Å². The van der Waals surface area contributed by atoms with E-state index in [1.807, 2.05) is 41.3 Å². The van der Waals surface area contributed by atoms with Crippen LogP contribution in [0.2, 0.25) is 0 Å². The molecule has 1 unspecified atom stereocenters. The van der Waals surface area contributed by atoms with Gasteiger partial charge in [-0.1, -0.05) is 36.4 Å². The lowest BCUT2D eigenvalue weighted by molar-refractivity contribution is 0.0952. The smallest absolute Gasteiger partial charge is 0.256 e. The van der Waals surface area contributed by atoms with Crippen molar-refractivity contribution in [3.63, 3.8) is 0 Å². The highest BCUT2D eigenvalue weighted by Crippen LogP contribution is 2.48. The maximum atomic E-state index is 15.8. The number of phenolic OH excluding ortho intramolecular Hbond substituents is 1. The third-order valence-electron chi connectivity index (χ3n) is 7.89. The molecule has 0 saturated carbocycles. The fraction of sp³-hybridized carbons (Fsp3) is 0.188. The van der Waals surface area contributed by atoms with E-state index in [9.17, 15) is 14.7 Å². The normalized spacial score (nSPS) is 15.7. The maximum absolute atomic E-state index is 15.8. The second-order valence-corrected chi connectivity index (χ2v) is 10.6. The zero-order valence-corrected chi connectivity index (χ0v) is 22.1. The molecule has 8 nitrogen and oxygen atoms in total. The molecule has 1 amide bonds. The van der Waals surface area contributed by atoms with Gasteiger partial charge in [-0.15, -0.1) is 0 Å². The minimum absolute atomic E-state index is 0.0646. The maximum Gasteiger partial charge on any atom is 0.256 e. The number of benzene rings is 4. The molecular weight excluding hydrogens is 523 g/mol. The first-order chi connectivity index (χ1) is 19.9. The molecule has 1 saturated heterocycles. The Morgan fingerprint density at radius 2 is 1.85 bits per heavy atom. The molecule has 4 N–H and O–H groups in total. The molecule has 2 aliphatic heterocycles. The molecular formula is C32H27FN4O4. The van der Waals surface area contributed by atoms with E-state index in [-0.39, 0.29) is 40.7 Å². The van der Waals surface area contributed by atoms with Crippen molar-refractivity contribution in [2.24, 2.45) is 5.73 Å². The molecule has 1 fully saturated rings. The second kappa shape index (κ2) is 9.64. The van der Waals surface area contributed by atoms with Crippen molar-refractivity contribution in [3.8, 4) is 22.9 Å². The first-order valence-corrected chi connectivity index (χ1v) is 13.6. The number of aromatic nitrogens is 1. The lowest BCUT2D eigenvalue weighted by Gasteiger charge is -2.29. The van der Waals surface area contributed by atoms with Crippen molar-refractivity contribution in [2.45, 2.75) is 18.9 Å². The fourth-order valence-electron chi connectivity index (χ4n) is 5.82. The average Bonchev–Trinajstić information content (AvgIpc) is 3.39. The number of nitrogens with zero attached hydrogens (tertiary/aromatic N) is 2. The molecule has 0 radical (unpaired) electrons. The van der Waals surface area contributed by atoms with Crippen molar-refractivity contribution < 1.29 is 19.0 Å². The summed E-state index contributed by atoms with van der Waals surface area (Å²) in [6, 6.07) is 19.5. The number of ether oxygens (including phenoxy) is 1. The Morgan fingerprint density at radius 3 is 2.59 bits per heavy atom. The summed E-state index contributed by atoms with van der Waals surface area (Å²) in [5.41, 5.74) is 7.73. The van der Waals surface area contributed by atoms with Gasteiger partial charge < -0.3 is 30.4 Å². The SMILES string of the molecule is NC1CCN(c2c(F)cc3c(=O)c(C(=O)NCCc4ccc(O)cc4)cn4c3c2Oc2cc3ccccc3cc2-4)C1. The molecule has 0 bridgehead atoms. The lowest BCUT2D eigenvalue weighted by atomic mass is 10.0. The number of carbonyl (C=O) groups is 1. The van der Waals surface area contributed by atoms with Crippen LogP contribution in [0.1, 0.15) is 22.3 Å². The number of amides is 1. The standard InChI is InChI=1S/C32H27FN4O4/c33-25-15-23-28-31(29(25)36-12-10-21(34)16-36)41-27-14-20-4-2-1-3-19(20)13-26(27)37(28)17-24(30(23)39)32(40)35-11-9-18-5-7-22(38)8-6-18/h1-8,13-15,17,21,38H,9-12,16,34H2,(H,35,40). The molecule has 1 atom stereocenters. The van der Waals surface area contributed by atoms with E-state index in [2.05, 4.69) is 5.32 Å². The van der Waals surface area contributed by atoms with Gasteiger partial charge in [0.05, 0.1) is 11.1 Å². The van der Waals surface area contributed by atoms with Crippen LogP contribution in [0.5, 0.6) is 17.2 Å². The molecule has 0 aliphatic carbocycles. The van der Waals surface area contributed by atoms with Gasteiger partial charge in [0.15, 0.2) is 17.3 Å². The van der Waals surface area contributed by atoms with E-state index in [1.54, 1.807) is 28.8 Å². The van der Waals surface area contributed by atoms with Gasteiger partial charge in [-0.2, -0.15) is 0 Å². The lowest BCUT2D eigenvalue weighted by Crippen LogP contribution is -2.32. The molecule has 1 aromatic heterocycles. The molecule has 3 heterocycles. The summed E-state index contributed by atoms with van der Waals surface area (Å²) in [6.07, 6.45) is 2.75. The molecule has 2 aliphatic rings. The predicted octanol–water partition coefficient (Wildman–Crippen LogP) is 4.60. The first-order valence-electron chi connectivity index (χ1n) is 13.6. The predicted molar refractivity (Wildman–Crippen MR) is 156 cm³/mol. The number of nitrogens with one attached hydrogen (secondary N) is 1.